The monoisotopic (exact) mass is 138 g/mol. The van der Waals surface area contributed by atoms with Crippen LogP contribution in [0.15, 0.2) is 17.6 Å². The fraction of sp³-hybridized carbons (Fsp3) is 0.500. The molecule has 0 saturated heterocycles. The van der Waals surface area contributed by atoms with Crippen LogP contribution in [-0.2, 0) is 6.54 Å². The zero-order valence-electron chi connectivity index (χ0n) is 6.15. The zero-order chi connectivity index (χ0) is 7.40. The van der Waals surface area contributed by atoms with Gasteiger partial charge in [0.05, 0.1) is 6.33 Å². The maximum Gasteiger partial charge on any atom is 0.227 e. The van der Waals surface area contributed by atoms with E-state index in [0.29, 0.717) is 0 Å². The van der Waals surface area contributed by atoms with Crippen LogP contribution in [0.1, 0.15) is 6.92 Å². The van der Waals surface area contributed by atoms with Crippen molar-refractivity contribution < 1.29 is 0 Å². The first kappa shape index (κ1) is 6.92. The minimum atomic E-state index is 0.720. The molecule has 4 nitrogen and oxygen atoms in total. The number of nitrogens with zero attached hydrogens (tertiary/aromatic N) is 4. The van der Waals surface area contributed by atoms with Crippen molar-refractivity contribution in [1.29, 1.82) is 0 Å². The lowest BCUT2D eigenvalue weighted by Gasteiger charge is -1.98. The molecule has 4 heteroatoms. The van der Waals surface area contributed by atoms with Gasteiger partial charge in [0.25, 0.3) is 0 Å². The molecule has 0 aliphatic carbocycles. The first-order valence-corrected chi connectivity index (χ1v) is 3.17. The Morgan fingerprint density at radius 2 is 2.50 bits per heavy atom. The molecule has 0 aliphatic rings. The molecule has 0 aliphatic heterocycles. The van der Waals surface area contributed by atoms with Crippen molar-refractivity contribution in [3.05, 3.63) is 18.3 Å². The molecule has 0 bridgehead atoms. The predicted molar refractivity (Wildman–Crippen MR) is 37.2 cm³/mol. The van der Waals surface area contributed by atoms with Crippen LogP contribution in [0.3, 0.4) is 0 Å². The van der Waals surface area contributed by atoms with Crippen molar-refractivity contribution in [3.63, 3.8) is 0 Å². The molecule has 0 saturated carbocycles. The standard InChI is InChI=1S/C6H10N4/c1-3-10-5-8-4-9-6(10)7-2/h4-5H,3H2,1-2H3. The van der Waals surface area contributed by atoms with Gasteiger partial charge in [0, 0.05) is 13.6 Å². The van der Waals surface area contributed by atoms with Gasteiger partial charge in [0.2, 0.25) is 5.62 Å². The Bertz CT molecular complexity index is 262. The Morgan fingerprint density at radius 3 is 3.00 bits per heavy atom. The van der Waals surface area contributed by atoms with E-state index in [9.17, 15) is 0 Å². The zero-order valence-corrected chi connectivity index (χ0v) is 6.15. The molecule has 0 spiro atoms. The van der Waals surface area contributed by atoms with E-state index in [4.69, 9.17) is 0 Å². The van der Waals surface area contributed by atoms with Crippen molar-refractivity contribution in [2.75, 3.05) is 7.05 Å². The molecule has 0 fully saturated rings. The van der Waals surface area contributed by atoms with E-state index >= 15 is 0 Å². The molecule has 1 heterocycles. The lowest BCUT2D eigenvalue weighted by molar-refractivity contribution is 0.654. The smallest absolute Gasteiger partial charge is 0.227 e. The summed E-state index contributed by atoms with van der Waals surface area (Å²) in [5.41, 5.74) is 0.720. The van der Waals surface area contributed by atoms with Gasteiger partial charge in [-0.2, -0.15) is 0 Å². The quantitative estimate of drug-likeness (QED) is 0.540. The van der Waals surface area contributed by atoms with E-state index in [1.165, 1.54) is 6.33 Å². The third-order valence-corrected chi connectivity index (χ3v) is 1.24. The third-order valence-electron chi connectivity index (χ3n) is 1.24. The second-order valence-corrected chi connectivity index (χ2v) is 1.82. The van der Waals surface area contributed by atoms with Crippen molar-refractivity contribution in [2.24, 2.45) is 4.99 Å². The molecule has 0 atom stereocenters. The van der Waals surface area contributed by atoms with Crippen LogP contribution in [-0.4, -0.2) is 21.6 Å². The highest BCUT2D eigenvalue weighted by molar-refractivity contribution is 4.62. The topological polar surface area (TPSA) is 43.1 Å². The third kappa shape index (κ3) is 1.21. The van der Waals surface area contributed by atoms with E-state index in [1.807, 2.05) is 11.5 Å². The highest BCUT2D eigenvalue weighted by Gasteiger charge is 1.85. The second kappa shape index (κ2) is 3.10. The fourth-order valence-corrected chi connectivity index (χ4v) is 0.730. The molecule has 0 unspecified atom stereocenters. The molecule has 1 aromatic rings. The van der Waals surface area contributed by atoms with Gasteiger partial charge in [-0.25, -0.2) is 9.97 Å². The number of hydrogen-bond donors (Lipinski definition) is 0. The van der Waals surface area contributed by atoms with Crippen LogP contribution in [0.5, 0.6) is 0 Å². The Hall–Kier alpha value is -1.19. The molecule has 54 valence electrons. The molecule has 0 N–H and O–H groups in total. The van der Waals surface area contributed by atoms with Crippen LogP contribution in [0.25, 0.3) is 0 Å². The number of aromatic nitrogens is 3. The minimum absolute atomic E-state index is 0.720. The van der Waals surface area contributed by atoms with Crippen LogP contribution in [0.4, 0.5) is 0 Å². The first-order valence-electron chi connectivity index (χ1n) is 3.17. The maximum absolute atomic E-state index is 3.95. The summed E-state index contributed by atoms with van der Waals surface area (Å²) in [6, 6.07) is 0. The van der Waals surface area contributed by atoms with Crippen LogP contribution in [0.2, 0.25) is 0 Å². The average molecular weight is 138 g/mol. The van der Waals surface area contributed by atoms with Gasteiger partial charge >= 0.3 is 0 Å². The van der Waals surface area contributed by atoms with Gasteiger partial charge in [-0.1, -0.05) is 0 Å². The summed E-state index contributed by atoms with van der Waals surface area (Å²) in [6.45, 7) is 2.88. The van der Waals surface area contributed by atoms with E-state index in [2.05, 4.69) is 15.0 Å². The molecule has 0 radical (unpaired) electrons. The first-order chi connectivity index (χ1) is 4.88. The Balaban J connectivity index is 3.23. The molecular weight excluding hydrogens is 128 g/mol. The van der Waals surface area contributed by atoms with E-state index < -0.39 is 0 Å². The van der Waals surface area contributed by atoms with E-state index in [1.54, 1.807) is 13.4 Å². The lowest BCUT2D eigenvalue weighted by atomic mass is 10.7. The van der Waals surface area contributed by atoms with Gasteiger partial charge in [0.15, 0.2) is 0 Å². The van der Waals surface area contributed by atoms with Crippen molar-refractivity contribution in [3.8, 4) is 0 Å². The fourth-order valence-electron chi connectivity index (χ4n) is 0.730. The van der Waals surface area contributed by atoms with Crippen LogP contribution >= 0.6 is 0 Å². The summed E-state index contributed by atoms with van der Waals surface area (Å²) < 4.78 is 1.88. The van der Waals surface area contributed by atoms with E-state index in [0.717, 1.165) is 12.2 Å². The van der Waals surface area contributed by atoms with Crippen LogP contribution < -0.4 is 5.62 Å². The molecule has 1 rings (SSSR count). The Morgan fingerprint density at radius 1 is 1.70 bits per heavy atom. The number of rotatable bonds is 1. The second-order valence-electron chi connectivity index (χ2n) is 1.82. The van der Waals surface area contributed by atoms with Gasteiger partial charge in [-0.15, -0.1) is 0 Å². The molecule has 10 heavy (non-hydrogen) atoms. The molecule has 0 amide bonds. The van der Waals surface area contributed by atoms with Gasteiger partial charge in [0.1, 0.15) is 6.33 Å². The lowest BCUT2D eigenvalue weighted by Crippen LogP contribution is -2.23. The average Bonchev–Trinajstić information content (AvgIpc) is 2.04. The van der Waals surface area contributed by atoms with Gasteiger partial charge in [-0.3, -0.25) is 4.99 Å². The molecular formula is C6H10N4. The summed E-state index contributed by atoms with van der Waals surface area (Å²) in [4.78, 5) is 11.8. The Labute approximate surface area is 59.3 Å². The highest BCUT2D eigenvalue weighted by Crippen LogP contribution is 1.71. The number of aryl methyl sites for hydroxylation is 1. The van der Waals surface area contributed by atoms with Crippen LogP contribution in [0, 0.1) is 0 Å². The molecule has 1 aromatic heterocycles. The summed E-state index contributed by atoms with van der Waals surface area (Å²) in [7, 11) is 1.72. The summed E-state index contributed by atoms with van der Waals surface area (Å²) >= 11 is 0. The summed E-state index contributed by atoms with van der Waals surface area (Å²) in [5.74, 6) is 0. The predicted octanol–water partition coefficient (Wildman–Crippen LogP) is -0.172. The van der Waals surface area contributed by atoms with Crippen molar-refractivity contribution >= 4 is 0 Å². The minimum Gasteiger partial charge on any atom is -0.302 e. The summed E-state index contributed by atoms with van der Waals surface area (Å²) in [6.07, 6.45) is 3.21. The van der Waals surface area contributed by atoms with Gasteiger partial charge < -0.3 is 4.57 Å². The number of hydrogen-bond acceptors (Lipinski definition) is 3. The Kier molecular flexibility index (Phi) is 2.15. The summed E-state index contributed by atoms with van der Waals surface area (Å²) in [5, 5.41) is 0. The van der Waals surface area contributed by atoms with E-state index in [-0.39, 0.29) is 0 Å². The normalized spacial score (nSPS) is 12.0. The highest BCUT2D eigenvalue weighted by atomic mass is 15.1. The SMILES string of the molecule is CCn1cncnc1=NC. The van der Waals surface area contributed by atoms with Crippen molar-refractivity contribution in [1.82, 2.24) is 14.5 Å². The van der Waals surface area contributed by atoms with Crippen molar-refractivity contribution in [2.45, 2.75) is 13.5 Å². The maximum atomic E-state index is 3.95. The largest absolute Gasteiger partial charge is 0.302 e. The molecule has 0 aromatic carbocycles. The van der Waals surface area contributed by atoms with Gasteiger partial charge in [-0.05, 0) is 6.92 Å².